The van der Waals surface area contributed by atoms with Gasteiger partial charge in [0.15, 0.2) is 0 Å². The van der Waals surface area contributed by atoms with Gasteiger partial charge in [0, 0.05) is 13.2 Å². The van der Waals surface area contributed by atoms with Crippen LogP contribution in [-0.2, 0) is 11.3 Å². The van der Waals surface area contributed by atoms with Gasteiger partial charge in [-0.05, 0) is 34.7 Å². The van der Waals surface area contributed by atoms with Gasteiger partial charge in [0.05, 0.1) is 22.5 Å². The van der Waals surface area contributed by atoms with Crippen molar-refractivity contribution in [3.63, 3.8) is 0 Å². The number of aliphatic hydroxyl groups excluding tert-OH is 1. The maximum absolute atomic E-state index is 10.5. The summed E-state index contributed by atoms with van der Waals surface area (Å²) in [5.41, 5.74) is 0.839. The Balaban J connectivity index is 2.22. The number of rotatable bonds is 4. The van der Waals surface area contributed by atoms with E-state index in [4.69, 9.17) is 4.74 Å². The van der Waals surface area contributed by atoms with Crippen molar-refractivity contribution in [1.29, 1.82) is 0 Å². The number of ether oxygens (including phenoxy) is 1. The number of hydrogen-bond donors (Lipinski definition) is 1. The van der Waals surface area contributed by atoms with Crippen LogP contribution in [0.3, 0.4) is 0 Å². The lowest BCUT2D eigenvalue weighted by Gasteiger charge is -2.22. The molecule has 0 aliphatic carbocycles. The number of hydrogen-bond acceptors (Lipinski definition) is 3. The molecule has 0 saturated carbocycles. The number of aliphatic hydroxyl groups is 1. The van der Waals surface area contributed by atoms with E-state index in [0.717, 1.165) is 36.2 Å². The van der Waals surface area contributed by atoms with Gasteiger partial charge in [0.1, 0.15) is 6.10 Å². The van der Waals surface area contributed by atoms with Crippen LogP contribution in [0.25, 0.3) is 0 Å². The fraction of sp³-hybridized carbons (Fsp3) is 0.750. The number of aromatic nitrogens is 2. The Kier molecular flexibility index (Phi) is 4.22. The first-order valence-corrected chi connectivity index (χ1v) is 6.95. The van der Waals surface area contributed by atoms with Crippen LogP contribution in [0.1, 0.15) is 38.5 Å². The summed E-state index contributed by atoms with van der Waals surface area (Å²) in [7, 11) is 0. The van der Waals surface area contributed by atoms with Crippen LogP contribution in [0, 0.1) is 5.92 Å². The maximum Gasteiger partial charge on any atom is 0.123 e. The molecule has 0 aromatic carbocycles. The first kappa shape index (κ1) is 13.1. The molecule has 1 aliphatic rings. The Morgan fingerprint density at radius 2 is 2.47 bits per heavy atom. The molecular weight excluding hydrogens is 284 g/mol. The molecule has 1 N–H and O–H groups in total. The third-order valence-electron chi connectivity index (χ3n) is 3.30. The van der Waals surface area contributed by atoms with E-state index in [1.165, 1.54) is 0 Å². The van der Waals surface area contributed by atoms with Crippen molar-refractivity contribution in [2.75, 3.05) is 6.61 Å². The lowest BCUT2D eigenvalue weighted by Crippen LogP contribution is -2.25. The molecule has 0 bridgehead atoms. The van der Waals surface area contributed by atoms with Crippen molar-refractivity contribution < 1.29 is 9.84 Å². The molecule has 3 unspecified atom stereocenters. The smallest absolute Gasteiger partial charge is 0.123 e. The minimum Gasteiger partial charge on any atom is -0.384 e. The normalized spacial score (nSPS) is 26.4. The fourth-order valence-corrected chi connectivity index (χ4v) is 2.86. The van der Waals surface area contributed by atoms with E-state index >= 15 is 0 Å². The molecule has 96 valence electrons. The molecule has 2 heterocycles. The minimum absolute atomic E-state index is 0.112. The van der Waals surface area contributed by atoms with Gasteiger partial charge in [0.25, 0.3) is 0 Å². The zero-order valence-corrected chi connectivity index (χ0v) is 11.9. The molecule has 0 radical (unpaired) electrons. The van der Waals surface area contributed by atoms with Crippen molar-refractivity contribution in [3.05, 3.63) is 16.4 Å². The molecule has 2 rings (SSSR count). The van der Waals surface area contributed by atoms with Gasteiger partial charge in [-0.15, -0.1) is 0 Å². The van der Waals surface area contributed by atoms with Crippen LogP contribution in [0.15, 0.2) is 10.7 Å². The lowest BCUT2D eigenvalue weighted by molar-refractivity contribution is -0.0223. The van der Waals surface area contributed by atoms with E-state index in [0.29, 0.717) is 5.92 Å². The summed E-state index contributed by atoms with van der Waals surface area (Å²) in [6.45, 7) is 5.78. The zero-order valence-electron chi connectivity index (χ0n) is 10.3. The molecule has 4 nitrogen and oxygen atoms in total. The molecular formula is C12H19BrN2O2. The quantitative estimate of drug-likeness (QED) is 0.929. The van der Waals surface area contributed by atoms with E-state index in [-0.39, 0.29) is 6.10 Å². The van der Waals surface area contributed by atoms with Crippen LogP contribution in [0.4, 0.5) is 0 Å². The van der Waals surface area contributed by atoms with E-state index in [9.17, 15) is 5.11 Å². The average molecular weight is 303 g/mol. The highest BCUT2D eigenvalue weighted by Crippen LogP contribution is 2.34. The summed E-state index contributed by atoms with van der Waals surface area (Å²) < 4.78 is 8.35. The van der Waals surface area contributed by atoms with Gasteiger partial charge in [-0.3, -0.25) is 4.68 Å². The van der Waals surface area contributed by atoms with Crippen molar-refractivity contribution >= 4 is 15.9 Å². The van der Waals surface area contributed by atoms with Crippen LogP contribution in [0.2, 0.25) is 0 Å². The van der Waals surface area contributed by atoms with Crippen LogP contribution < -0.4 is 0 Å². The standard InChI is InChI=1S/C12H19BrN2O2/c1-3-5-15-10(9(13)7-14-15)11(16)12-8(2)4-6-17-12/h7-8,11-12,16H,3-6H2,1-2H3. The Bertz CT molecular complexity index is 381. The number of nitrogens with zero attached hydrogens (tertiary/aromatic N) is 2. The molecule has 0 spiro atoms. The predicted octanol–water partition coefficient (Wildman–Crippen LogP) is 2.51. The SMILES string of the molecule is CCCn1ncc(Br)c1C(O)C1OCCC1C. The Hall–Kier alpha value is -0.390. The predicted molar refractivity (Wildman–Crippen MR) is 68.7 cm³/mol. The first-order chi connectivity index (χ1) is 8.15. The third kappa shape index (κ3) is 2.56. The summed E-state index contributed by atoms with van der Waals surface area (Å²) in [6.07, 6.45) is 3.04. The van der Waals surface area contributed by atoms with Crippen molar-refractivity contribution in [2.24, 2.45) is 5.92 Å². The van der Waals surface area contributed by atoms with E-state index in [1.54, 1.807) is 6.20 Å². The van der Waals surface area contributed by atoms with Gasteiger partial charge < -0.3 is 9.84 Å². The molecule has 5 heteroatoms. The largest absolute Gasteiger partial charge is 0.384 e. The highest BCUT2D eigenvalue weighted by Gasteiger charge is 2.34. The van der Waals surface area contributed by atoms with Crippen molar-refractivity contribution in [2.45, 2.75) is 45.4 Å². The van der Waals surface area contributed by atoms with Gasteiger partial charge in [0.2, 0.25) is 0 Å². The minimum atomic E-state index is -0.601. The first-order valence-electron chi connectivity index (χ1n) is 6.16. The van der Waals surface area contributed by atoms with Gasteiger partial charge >= 0.3 is 0 Å². The van der Waals surface area contributed by atoms with Crippen LogP contribution in [-0.4, -0.2) is 27.6 Å². The summed E-state index contributed by atoms with van der Waals surface area (Å²) in [6, 6.07) is 0. The Morgan fingerprint density at radius 1 is 1.71 bits per heavy atom. The summed E-state index contributed by atoms with van der Waals surface area (Å²) >= 11 is 3.46. The zero-order chi connectivity index (χ0) is 12.4. The number of halogens is 1. The maximum atomic E-state index is 10.5. The average Bonchev–Trinajstić information content (AvgIpc) is 2.86. The van der Waals surface area contributed by atoms with E-state index in [1.807, 2.05) is 4.68 Å². The van der Waals surface area contributed by atoms with Gasteiger partial charge in [-0.1, -0.05) is 13.8 Å². The van der Waals surface area contributed by atoms with Gasteiger partial charge in [-0.25, -0.2) is 0 Å². The Labute approximate surface area is 110 Å². The molecule has 1 aromatic rings. The molecule has 1 aliphatic heterocycles. The molecule has 0 amide bonds. The fourth-order valence-electron chi connectivity index (χ4n) is 2.33. The van der Waals surface area contributed by atoms with Crippen molar-refractivity contribution in [3.8, 4) is 0 Å². The summed E-state index contributed by atoms with van der Waals surface area (Å²) in [5.74, 6) is 0.391. The van der Waals surface area contributed by atoms with Gasteiger partial charge in [-0.2, -0.15) is 5.10 Å². The van der Waals surface area contributed by atoms with Crippen LogP contribution in [0.5, 0.6) is 0 Å². The molecule has 1 saturated heterocycles. The second-order valence-corrected chi connectivity index (χ2v) is 5.50. The van der Waals surface area contributed by atoms with E-state index in [2.05, 4.69) is 34.9 Å². The molecule has 3 atom stereocenters. The number of aryl methyl sites for hydroxylation is 1. The van der Waals surface area contributed by atoms with Crippen LogP contribution >= 0.6 is 15.9 Å². The second-order valence-electron chi connectivity index (χ2n) is 4.65. The van der Waals surface area contributed by atoms with Crippen molar-refractivity contribution in [1.82, 2.24) is 9.78 Å². The summed E-state index contributed by atoms with van der Waals surface area (Å²) in [4.78, 5) is 0. The monoisotopic (exact) mass is 302 g/mol. The lowest BCUT2D eigenvalue weighted by atomic mass is 9.97. The molecule has 1 fully saturated rings. The Morgan fingerprint density at radius 3 is 3.06 bits per heavy atom. The highest BCUT2D eigenvalue weighted by atomic mass is 79.9. The molecule has 17 heavy (non-hydrogen) atoms. The van der Waals surface area contributed by atoms with E-state index < -0.39 is 6.10 Å². The topological polar surface area (TPSA) is 47.3 Å². The second kappa shape index (κ2) is 5.50. The molecule has 1 aromatic heterocycles. The third-order valence-corrected chi connectivity index (χ3v) is 3.92. The highest BCUT2D eigenvalue weighted by molar-refractivity contribution is 9.10. The summed E-state index contributed by atoms with van der Waals surface area (Å²) in [5, 5.41) is 14.7.